The minimum Gasteiger partial charge on any atom is -0.383 e. The molecule has 0 spiro atoms. The predicted molar refractivity (Wildman–Crippen MR) is 154 cm³/mol. The topological polar surface area (TPSA) is 115 Å². The van der Waals surface area contributed by atoms with E-state index in [1.54, 1.807) is 36.4 Å². The number of benzene rings is 2. The monoisotopic (exact) mass is 570 g/mol. The van der Waals surface area contributed by atoms with Crippen molar-refractivity contribution in [1.82, 2.24) is 20.0 Å². The molecule has 5 rings (SSSR count). The maximum atomic E-state index is 13.8. The van der Waals surface area contributed by atoms with Crippen molar-refractivity contribution < 1.29 is 8.78 Å². The summed E-state index contributed by atoms with van der Waals surface area (Å²) in [5, 5.41) is 35.5. The zero-order valence-corrected chi connectivity index (χ0v) is 23.5. The van der Waals surface area contributed by atoms with E-state index < -0.39 is 17.4 Å². The predicted octanol–water partition coefficient (Wildman–Crippen LogP) is 5.92. The molecule has 12 heteroatoms. The van der Waals surface area contributed by atoms with Crippen molar-refractivity contribution in [3.63, 3.8) is 0 Å². The van der Waals surface area contributed by atoms with Crippen LogP contribution in [-0.2, 0) is 11.0 Å². The molecule has 1 atom stereocenters. The Kier molecular flexibility index (Phi) is 7.13. The summed E-state index contributed by atoms with van der Waals surface area (Å²) in [5.74, 6) is 0. The summed E-state index contributed by atoms with van der Waals surface area (Å²) >= 11 is 6.58. The Morgan fingerprint density at radius 3 is 2.46 bits per heavy atom. The van der Waals surface area contributed by atoms with Crippen LogP contribution in [-0.4, -0.2) is 40.8 Å². The van der Waals surface area contributed by atoms with E-state index in [0.29, 0.717) is 45.0 Å². The van der Waals surface area contributed by atoms with Gasteiger partial charge in [0.05, 0.1) is 34.0 Å². The van der Waals surface area contributed by atoms with Gasteiger partial charge in [0.1, 0.15) is 31.2 Å². The van der Waals surface area contributed by atoms with Crippen LogP contribution in [0.15, 0.2) is 48.8 Å². The Balaban J connectivity index is 1.67. The Morgan fingerprint density at radius 2 is 1.85 bits per heavy atom. The molecular formula is C29H26BClF2N8. The molecule has 0 saturated heterocycles. The van der Waals surface area contributed by atoms with Crippen molar-refractivity contribution in [2.24, 2.45) is 5.41 Å². The lowest BCUT2D eigenvalue weighted by atomic mass is 9.69. The number of halogens is 3. The van der Waals surface area contributed by atoms with Gasteiger partial charge in [-0.25, -0.2) is 13.5 Å². The third kappa shape index (κ3) is 5.18. The van der Waals surface area contributed by atoms with E-state index in [1.165, 1.54) is 17.1 Å². The molecule has 1 aliphatic carbocycles. The standard InChI is InChI=1S/C29H26BClF2N8/c1-27(2,3)16-37-25-18(13-35)14-36-24-17(12-34)10-19(11-20(24)25)38-29(30,21-6-4-5-7-22(21)31)23-15-41(40-39-23)28(8-9-28)26(32)33/h4-7,10-11,14-15,26,38H,8-9,16H2,1-3H3,(H,36,37). The van der Waals surface area contributed by atoms with Gasteiger partial charge in [-0.05, 0) is 42.0 Å². The number of nitriles is 2. The number of rotatable bonds is 8. The number of hydrogen-bond donors (Lipinski definition) is 2. The largest absolute Gasteiger partial charge is 0.383 e. The molecule has 41 heavy (non-hydrogen) atoms. The van der Waals surface area contributed by atoms with Gasteiger partial charge < -0.3 is 10.6 Å². The molecule has 8 nitrogen and oxygen atoms in total. The SMILES string of the molecule is [B]C(Nc1cc(C#N)c2ncc(C#N)c(NCC(C)(C)C)c2c1)(c1cn(C2(C(F)F)CC2)nn1)c1ccccc1Cl. The van der Waals surface area contributed by atoms with Crippen LogP contribution in [0.2, 0.25) is 5.02 Å². The number of nitrogens with one attached hydrogen (secondary N) is 2. The number of fused-ring (bicyclic) bond motifs is 1. The average molecular weight is 571 g/mol. The molecule has 2 heterocycles. The molecule has 1 unspecified atom stereocenters. The highest BCUT2D eigenvalue weighted by Gasteiger charge is 2.54. The van der Waals surface area contributed by atoms with E-state index in [0.717, 1.165) is 0 Å². The molecule has 206 valence electrons. The number of anilines is 2. The van der Waals surface area contributed by atoms with Gasteiger partial charge in [0, 0.05) is 28.8 Å². The van der Waals surface area contributed by atoms with Crippen LogP contribution in [0.3, 0.4) is 0 Å². The maximum Gasteiger partial charge on any atom is 0.263 e. The second-order valence-corrected chi connectivity index (χ2v) is 11.9. The average Bonchev–Trinajstić information content (AvgIpc) is 3.59. The zero-order valence-electron chi connectivity index (χ0n) is 22.7. The first-order valence-corrected chi connectivity index (χ1v) is 13.3. The molecule has 0 bridgehead atoms. The van der Waals surface area contributed by atoms with Crippen molar-refractivity contribution in [3.05, 3.63) is 76.2 Å². The van der Waals surface area contributed by atoms with Crippen molar-refractivity contribution in [2.45, 2.75) is 51.0 Å². The second-order valence-electron chi connectivity index (χ2n) is 11.5. The molecule has 1 aliphatic rings. The summed E-state index contributed by atoms with van der Waals surface area (Å²) in [4.78, 5) is 4.39. The lowest BCUT2D eigenvalue weighted by molar-refractivity contribution is 0.0593. The molecule has 1 fully saturated rings. The first kappa shape index (κ1) is 28.3. The molecule has 2 aromatic carbocycles. The van der Waals surface area contributed by atoms with Gasteiger partial charge >= 0.3 is 0 Å². The Hall–Kier alpha value is -4.22. The summed E-state index contributed by atoms with van der Waals surface area (Å²) in [5.41, 5.74) is -0.655. The van der Waals surface area contributed by atoms with Gasteiger partial charge in [-0.2, -0.15) is 10.5 Å². The van der Waals surface area contributed by atoms with Gasteiger partial charge in [0.2, 0.25) is 0 Å². The third-order valence-electron chi connectivity index (χ3n) is 7.17. The Bertz CT molecular complexity index is 1710. The molecule has 2 N–H and O–H groups in total. The minimum atomic E-state index is -2.61. The Morgan fingerprint density at radius 1 is 1.15 bits per heavy atom. The van der Waals surface area contributed by atoms with E-state index in [4.69, 9.17) is 19.4 Å². The van der Waals surface area contributed by atoms with Gasteiger partial charge in [-0.1, -0.05) is 55.8 Å². The van der Waals surface area contributed by atoms with Crippen LogP contribution < -0.4 is 10.6 Å². The first-order chi connectivity index (χ1) is 19.4. The number of nitrogens with zero attached hydrogens (tertiary/aromatic N) is 6. The van der Waals surface area contributed by atoms with Crippen LogP contribution in [0.5, 0.6) is 0 Å². The first-order valence-electron chi connectivity index (χ1n) is 13.0. The molecular weight excluding hydrogens is 545 g/mol. The summed E-state index contributed by atoms with van der Waals surface area (Å²) in [6, 6.07) is 14.5. The van der Waals surface area contributed by atoms with Gasteiger partial charge in [-0.15, -0.1) is 5.10 Å². The molecule has 0 amide bonds. The number of aromatic nitrogens is 4. The maximum absolute atomic E-state index is 13.8. The Labute approximate surface area is 242 Å². The van der Waals surface area contributed by atoms with Crippen molar-refractivity contribution in [3.8, 4) is 12.1 Å². The van der Waals surface area contributed by atoms with Gasteiger partial charge in [0.15, 0.2) is 0 Å². The highest BCUT2D eigenvalue weighted by Crippen LogP contribution is 2.48. The molecule has 2 radical (unpaired) electrons. The van der Waals surface area contributed by atoms with Crippen molar-refractivity contribution in [1.29, 1.82) is 10.5 Å². The molecule has 2 aromatic heterocycles. The van der Waals surface area contributed by atoms with Crippen LogP contribution in [0.1, 0.15) is 56.0 Å². The number of hydrogen-bond acceptors (Lipinski definition) is 7. The van der Waals surface area contributed by atoms with E-state index >= 15 is 0 Å². The summed E-state index contributed by atoms with van der Waals surface area (Å²) in [6.07, 6.45) is 0.788. The third-order valence-corrected chi connectivity index (χ3v) is 7.50. The van der Waals surface area contributed by atoms with Crippen LogP contribution >= 0.6 is 11.6 Å². The van der Waals surface area contributed by atoms with Crippen molar-refractivity contribution >= 4 is 41.7 Å². The van der Waals surface area contributed by atoms with Gasteiger partial charge in [0.25, 0.3) is 6.43 Å². The summed E-state index contributed by atoms with van der Waals surface area (Å²) in [7, 11) is 7.01. The van der Waals surface area contributed by atoms with E-state index in [1.807, 2.05) is 0 Å². The molecule has 1 saturated carbocycles. The quantitative estimate of drug-likeness (QED) is 0.253. The minimum absolute atomic E-state index is 0.102. The fourth-order valence-corrected chi connectivity index (χ4v) is 4.99. The highest BCUT2D eigenvalue weighted by molar-refractivity contribution is 6.33. The molecule has 4 aromatic rings. The van der Waals surface area contributed by atoms with Crippen LogP contribution in [0.25, 0.3) is 10.9 Å². The number of alkyl halides is 2. The fourth-order valence-electron chi connectivity index (χ4n) is 4.70. The normalized spacial score (nSPS) is 15.6. The lowest BCUT2D eigenvalue weighted by Gasteiger charge is -2.32. The van der Waals surface area contributed by atoms with E-state index in [9.17, 15) is 19.3 Å². The lowest BCUT2D eigenvalue weighted by Crippen LogP contribution is -2.38. The summed E-state index contributed by atoms with van der Waals surface area (Å²) < 4.78 is 28.9. The van der Waals surface area contributed by atoms with E-state index in [-0.39, 0.29) is 29.5 Å². The fraction of sp³-hybridized carbons (Fsp3) is 0.345. The second kappa shape index (κ2) is 10.3. The smallest absolute Gasteiger partial charge is 0.263 e. The van der Waals surface area contributed by atoms with Gasteiger partial charge in [-0.3, -0.25) is 4.98 Å². The highest BCUT2D eigenvalue weighted by atomic mass is 35.5. The molecule has 0 aliphatic heterocycles. The van der Waals surface area contributed by atoms with Crippen LogP contribution in [0.4, 0.5) is 20.2 Å². The zero-order chi connectivity index (χ0) is 29.6. The van der Waals surface area contributed by atoms with Crippen LogP contribution in [0, 0.1) is 28.1 Å². The summed E-state index contributed by atoms with van der Waals surface area (Å²) in [6.45, 7) is 6.73. The van der Waals surface area contributed by atoms with E-state index in [2.05, 4.69) is 58.8 Å². The van der Waals surface area contributed by atoms with Crippen molar-refractivity contribution in [2.75, 3.05) is 17.2 Å². The number of pyridine rings is 1.